The average Bonchev–Trinajstić information content (AvgIpc) is 2.56. The number of carbonyl (C=O) groups excluding carboxylic acids is 1. The van der Waals surface area contributed by atoms with Crippen LogP contribution in [0.25, 0.3) is 0 Å². The first kappa shape index (κ1) is 17.4. The second-order valence-electron chi connectivity index (χ2n) is 4.59. The number of hydrogen-bond donors (Lipinski definition) is 1. The van der Waals surface area contributed by atoms with Gasteiger partial charge in [0.05, 0.1) is 17.7 Å². The molecule has 0 aliphatic heterocycles. The summed E-state index contributed by atoms with van der Waals surface area (Å²) in [5.41, 5.74) is 2.75. The molecule has 0 aliphatic carbocycles. The summed E-state index contributed by atoms with van der Waals surface area (Å²) in [6.45, 7) is 2.37. The molecule has 1 amide bonds. The molecule has 0 heterocycles. The Kier molecular flexibility index (Phi) is 5.86. The summed E-state index contributed by atoms with van der Waals surface area (Å²) in [4.78, 5) is 22.2. The van der Waals surface area contributed by atoms with Crippen LogP contribution >= 0.6 is 11.6 Å². The lowest BCUT2D eigenvalue weighted by molar-refractivity contribution is -0.384. The molecule has 24 heavy (non-hydrogen) atoms. The highest BCUT2D eigenvalue weighted by molar-refractivity contribution is 6.32. The molecule has 0 unspecified atom stereocenters. The van der Waals surface area contributed by atoms with E-state index in [1.54, 1.807) is 12.1 Å². The monoisotopic (exact) mass is 347 g/mol. The van der Waals surface area contributed by atoms with Gasteiger partial charge < -0.3 is 4.74 Å². The summed E-state index contributed by atoms with van der Waals surface area (Å²) in [6.07, 6.45) is 1.44. The van der Waals surface area contributed by atoms with Gasteiger partial charge >= 0.3 is 0 Å². The molecule has 0 bridgehead atoms. The molecule has 0 saturated heterocycles. The van der Waals surface area contributed by atoms with Gasteiger partial charge in [-0.05, 0) is 31.2 Å². The molecule has 2 aromatic carbocycles. The second-order valence-corrected chi connectivity index (χ2v) is 5.00. The Balaban J connectivity index is 2.11. The van der Waals surface area contributed by atoms with Crippen LogP contribution in [0.3, 0.4) is 0 Å². The number of rotatable bonds is 6. The standard InChI is InChI=1S/C16H14ClN3O4/c1-2-24-15-6-4-3-5-12(15)10-18-19-16(21)11-7-8-13(17)14(9-11)20(22)23/h3-10H,2H2,1H3,(H,19,21)/b18-10+. The minimum absolute atomic E-state index is 0.0364. The molecule has 2 aromatic rings. The number of hydrazone groups is 1. The van der Waals surface area contributed by atoms with Gasteiger partial charge in [-0.25, -0.2) is 5.43 Å². The van der Waals surface area contributed by atoms with Gasteiger partial charge in [0, 0.05) is 17.2 Å². The predicted octanol–water partition coefficient (Wildman–Crippen LogP) is 3.41. The number of nitro groups is 1. The predicted molar refractivity (Wildman–Crippen MR) is 90.8 cm³/mol. The van der Waals surface area contributed by atoms with E-state index in [-0.39, 0.29) is 16.3 Å². The van der Waals surface area contributed by atoms with Crippen LogP contribution in [-0.4, -0.2) is 23.7 Å². The highest BCUT2D eigenvalue weighted by Crippen LogP contribution is 2.25. The topological polar surface area (TPSA) is 93.8 Å². The zero-order valence-electron chi connectivity index (χ0n) is 12.7. The smallest absolute Gasteiger partial charge is 0.288 e. The van der Waals surface area contributed by atoms with E-state index in [1.165, 1.54) is 18.3 Å². The number of nitrogens with zero attached hydrogens (tertiary/aromatic N) is 2. The summed E-state index contributed by atoms with van der Waals surface area (Å²) >= 11 is 5.71. The van der Waals surface area contributed by atoms with Crippen LogP contribution in [0.2, 0.25) is 5.02 Å². The number of amides is 1. The van der Waals surface area contributed by atoms with E-state index < -0.39 is 10.8 Å². The zero-order chi connectivity index (χ0) is 17.5. The first-order valence-corrected chi connectivity index (χ1v) is 7.40. The maximum absolute atomic E-state index is 12.0. The third kappa shape index (κ3) is 4.30. The highest BCUT2D eigenvalue weighted by atomic mass is 35.5. The second kappa shape index (κ2) is 8.07. The number of hydrogen-bond acceptors (Lipinski definition) is 5. The molecular formula is C16H14ClN3O4. The molecule has 0 aliphatic rings. The van der Waals surface area contributed by atoms with Gasteiger partial charge in [0.15, 0.2) is 0 Å². The number of ether oxygens (including phenoxy) is 1. The molecule has 8 heteroatoms. The molecule has 2 rings (SSSR count). The van der Waals surface area contributed by atoms with Crippen molar-refractivity contribution in [3.8, 4) is 5.75 Å². The van der Waals surface area contributed by atoms with E-state index >= 15 is 0 Å². The van der Waals surface area contributed by atoms with Crippen LogP contribution in [0.15, 0.2) is 47.6 Å². The number of carbonyl (C=O) groups is 1. The van der Waals surface area contributed by atoms with Crippen molar-refractivity contribution in [2.24, 2.45) is 5.10 Å². The first-order chi connectivity index (χ1) is 11.5. The van der Waals surface area contributed by atoms with Gasteiger partial charge in [0.25, 0.3) is 11.6 Å². The van der Waals surface area contributed by atoms with Crippen molar-refractivity contribution in [3.63, 3.8) is 0 Å². The van der Waals surface area contributed by atoms with Gasteiger partial charge in [0.1, 0.15) is 10.8 Å². The molecule has 0 saturated carbocycles. The quantitative estimate of drug-likeness (QED) is 0.492. The Morgan fingerprint density at radius 1 is 1.38 bits per heavy atom. The van der Waals surface area contributed by atoms with Crippen molar-refractivity contribution in [2.75, 3.05) is 6.61 Å². The minimum atomic E-state index is -0.652. The van der Waals surface area contributed by atoms with E-state index in [0.717, 1.165) is 6.07 Å². The number of nitro benzene ring substituents is 1. The molecule has 0 aromatic heterocycles. The number of para-hydroxylation sites is 1. The molecule has 124 valence electrons. The van der Waals surface area contributed by atoms with Crippen LogP contribution in [0.5, 0.6) is 5.75 Å². The van der Waals surface area contributed by atoms with Crippen molar-refractivity contribution >= 4 is 29.4 Å². The number of benzene rings is 2. The third-order valence-electron chi connectivity index (χ3n) is 2.99. The number of halogens is 1. The van der Waals surface area contributed by atoms with E-state index in [9.17, 15) is 14.9 Å². The molecule has 0 radical (unpaired) electrons. The van der Waals surface area contributed by atoms with E-state index in [2.05, 4.69) is 10.5 Å². The fourth-order valence-electron chi connectivity index (χ4n) is 1.89. The van der Waals surface area contributed by atoms with Crippen molar-refractivity contribution < 1.29 is 14.5 Å². The zero-order valence-corrected chi connectivity index (χ0v) is 13.5. The number of nitrogens with one attached hydrogen (secondary N) is 1. The Labute approximate surface area is 143 Å². The van der Waals surface area contributed by atoms with E-state index in [0.29, 0.717) is 17.9 Å². The normalized spacial score (nSPS) is 10.6. The maximum atomic E-state index is 12.0. The Morgan fingerprint density at radius 2 is 2.12 bits per heavy atom. The third-order valence-corrected chi connectivity index (χ3v) is 3.31. The lowest BCUT2D eigenvalue weighted by atomic mass is 10.2. The van der Waals surface area contributed by atoms with Gasteiger partial charge in [-0.2, -0.15) is 5.10 Å². The lowest BCUT2D eigenvalue weighted by Crippen LogP contribution is -2.17. The molecule has 0 atom stereocenters. The Bertz CT molecular complexity index is 793. The van der Waals surface area contributed by atoms with Crippen molar-refractivity contribution in [1.82, 2.24) is 5.43 Å². The average molecular weight is 348 g/mol. The molecule has 1 N–H and O–H groups in total. The Morgan fingerprint density at radius 3 is 2.83 bits per heavy atom. The van der Waals surface area contributed by atoms with Gasteiger partial charge in [-0.15, -0.1) is 0 Å². The van der Waals surface area contributed by atoms with E-state index in [1.807, 2.05) is 19.1 Å². The van der Waals surface area contributed by atoms with Crippen molar-refractivity contribution in [3.05, 3.63) is 68.7 Å². The van der Waals surface area contributed by atoms with Crippen LogP contribution < -0.4 is 10.2 Å². The summed E-state index contributed by atoms with van der Waals surface area (Å²) < 4.78 is 5.44. The van der Waals surface area contributed by atoms with Crippen LogP contribution in [0.4, 0.5) is 5.69 Å². The van der Waals surface area contributed by atoms with Crippen LogP contribution in [0, 0.1) is 10.1 Å². The van der Waals surface area contributed by atoms with Crippen molar-refractivity contribution in [1.29, 1.82) is 0 Å². The first-order valence-electron chi connectivity index (χ1n) is 7.02. The van der Waals surface area contributed by atoms with Gasteiger partial charge in [-0.1, -0.05) is 23.7 Å². The summed E-state index contributed by atoms with van der Waals surface area (Å²) in [6, 6.07) is 11.0. The SMILES string of the molecule is CCOc1ccccc1/C=N/NC(=O)c1ccc(Cl)c([N+](=O)[O-])c1. The van der Waals surface area contributed by atoms with Crippen LogP contribution in [0.1, 0.15) is 22.8 Å². The highest BCUT2D eigenvalue weighted by Gasteiger charge is 2.15. The fraction of sp³-hybridized carbons (Fsp3) is 0.125. The summed E-state index contributed by atoms with van der Waals surface area (Å²) in [5.74, 6) is 0.0556. The summed E-state index contributed by atoms with van der Waals surface area (Å²) in [5, 5.41) is 14.7. The Hall–Kier alpha value is -2.93. The molecule has 7 nitrogen and oxygen atoms in total. The maximum Gasteiger partial charge on any atom is 0.288 e. The van der Waals surface area contributed by atoms with Crippen molar-refractivity contribution in [2.45, 2.75) is 6.92 Å². The fourth-order valence-corrected chi connectivity index (χ4v) is 2.08. The van der Waals surface area contributed by atoms with E-state index in [4.69, 9.17) is 16.3 Å². The lowest BCUT2D eigenvalue weighted by Gasteiger charge is -2.06. The van der Waals surface area contributed by atoms with Crippen LogP contribution in [-0.2, 0) is 0 Å². The molecule has 0 fully saturated rings. The van der Waals surface area contributed by atoms with Gasteiger partial charge in [0.2, 0.25) is 0 Å². The molecular weight excluding hydrogens is 334 g/mol. The largest absolute Gasteiger partial charge is 0.493 e. The molecule has 0 spiro atoms. The minimum Gasteiger partial charge on any atom is -0.493 e. The van der Waals surface area contributed by atoms with Gasteiger partial charge in [-0.3, -0.25) is 14.9 Å². The summed E-state index contributed by atoms with van der Waals surface area (Å²) in [7, 11) is 0.